The van der Waals surface area contributed by atoms with Crippen LogP contribution in [0.1, 0.15) is 11.1 Å². The van der Waals surface area contributed by atoms with E-state index >= 15 is 0 Å². The Morgan fingerprint density at radius 3 is 2.67 bits per heavy atom. The number of ether oxygens (including phenoxy) is 1. The van der Waals surface area contributed by atoms with E-state index in [1.54, 1.807) is 18.2 Å². The summed E-state index contributed by atoms with van der Waals surface area (Å²) in [7, 11) is 0. The molecule has 5 heteroatoms. The Bertz CT molecular complexity index is 690. The number of benzene rings is 2. The average molecular weight is 284 g/mol. The number of nitrogens with one attached hydrogen (secondary N) is 1. The van der Waals surface area contributed by atoms with Crippen LogP contribution in [0.25, 0.3) is 0 Å². The highest BCUT2D eigenvalue weighted by Gasteiger charge is 2.06. The lowest BCUT2D eigenvalue weighted by Crippen LogP contribution is -2.20. The van der Waals surface area contributed by atoms with Crippen molar-refractivity contribution in [1.82, 2.24) is 0 Å². The molecule has 2 aromatic carbocycles. The predicted molar refractivity (Wildman–Crippen MR) is 76.4 cm³/mol. The van der Waals surface area contributed by atoms with Crippen LogP contribution in [-0.2, 0) is 4.79 Å². The summed E-state index contributed by atoms with van der Waals surface area (Å²) in [6.45, 7) is 1.64. The van der Waals surface area contributed by atoms with Gasteiger partial charge in [0.05, 0.1) is 11.6 Å². The van der Waals surface area contributed by atoms with E-state index in [2.05, 4.69) is 5.32 Å². The van der Waals surface area contributed by atoms with Gasteiger partial charge in [0, 0.05) is 5.69 Å². The molecule has 0 bridgehead atoms. The molecule has 0 spiro atoms. The van der Waals surface area contributed by atoms with Crippen molar-refractivity contribution < 1.29 is 13.9 Å². The summed E-state index contributed by atoms with van der Waals surface area (Å²) >= 11 is 0. The molecule has 21 heavy (non-hydrogen) atoms. The zero-order valence-corrected chi connectivity index (χ0v) is 11.4. The summed E-state index contributed by atoms with van der Waals surface area (Å²) in [5.41, 5.74) is 1.80. The van der Waals surface area contributed by atoms with Crippen LogP contribution in [0.5, 0.6) is 5.75 Å². The minimum absolute atomic E-state index is 0.187. The summed E-state index contributed by atoms with van der Waals surface area (Å²) in [4.78, 5) is 11.7. The number of aryl methyl sites for hydroxylation is 1. The van der Waals surface area contributed by atoms with Crippen LogP contribution >= 0.6 is 0 Å². The van der Waals surface area contributed by atoms with Crippen molar-refractivity contribution in [3.05, 3.63) is 59.4 Å². The van der Waals surface area contributed by atoms with E-state index in [9.17, 15) is 9.18 Å². The fraction of sp³-hybridized carbons (Fsp3) is 0.125. The first-order valence-corrected chi connectivity index (χ1v) is 6.27. The van der Waals surface area contributed by atoms with Gasteiger partial charge in [-0.15, -0.1) is 0 Å². The molecule has 0 aliphatic carbocycles. The molecule has 0 radical (unpaired) electrons. The second kappa shape index (κ2) is 6.53. The van der Waals surface area contributed by atoms with Crippen molar-refractivity contribution in [3.63, 3.8) is 0 Å². The van der Waals surface area contributed by atoms with Crippen molar-refractivity contribution in [2.24, 2.45) is 0 Å². The lowest BCUT2D eigenvalue weighted by molar-refractivity contribution is -0.118. The molecule has 0 saturated heterocycles. The average Bonchev–Trinajstić information content (AvgIpc) is 2.49. The SMILES string of the molecule is Cc1ccc(C#N)cc1OCC(=O)Nc1ccc(F)cc1. The first-order valence-electron chi connectivity index (χ1n) is 6.27. The number of anilines is 1. The summed E-state index contributed by atoms with van der Waals surface area (Å²) in [5.74, 6) is -0.236. The second-order valence-corrected chi connectivity index (χ2v) is 4.44. The van der Waals surface area contributed by atoms with Gasteiger partial charge in [-0.2, -0.15) is 5.26 Å². The fourth-order valence-corrected chi connectivity index (χ4v) is 1.70. The second-order valence-electron chi connectivity index (χ2n) is 4.44. The molecule has 0 saturated carbocycles. The Morgan fingerprint density at radius 1 is 1.29 bits per heavy atom. The highest BCUT2D eigenvalue weighted by Crippen LogP contribution is 2.19. The van der Waals surface area contributed by atoms with E-state index in [0.717, 1.165) is 5.56 Å². The number of hydrogen-bond donors (Lipinski definition) is 1. The molecule has 0 aliphatic rings. The molecule has 0 fully saturated rings. The van der Waals surface area contributed by atoms with Gasteiger partial charge in [-0.3, -0.25) is 4.79 Å². The predicted octanol–water partition coefficient (Wildman–Crippen LogP) is 3.02. The third-order valence-electron chi connectivity index (χ3n) is 2.80. The van der Waals surface area contributed by atoms with E-state index in [1.165, 1.54) is 24.3 Å². The minimum Gasteiger partial charge on any atom is -0.483 e. The monoisotopic (exact) mass is 284 g/mol. The molecule has 2 rings (SSSR count). The third-order valence-corrected chi connectivity index (χ3v) is 2.80. The lowest BCUT2D eigenvalue weighted by atomic mass is 10.1. The van der Waals surface area contributed by atoms with Gasteiger partial charge in [-0.05, 0) is 48.9 Å². The topological polar surface area (TPSA) is 62.1 Å². The largest absolute Gasteiger partial charge is 0.483 e. The third kappa shape index (κ3) is 4.05. The summed E-state index contributed by atoms with van der Waals surface area (Å²) in [6.07, 6.45) is 0. The van der Waals surface area contributed by atoms with Gasteiger partial charge in [-0.25, -0.2) is 4.39 Å². The first kappa shape index (κ1) is 14.5. The number of carbonyl (C=O) groups is 1. The Kier molecular flexibility index (Phi) is 4.52. The molecule has 1 N–H and O–H groups in total. The van der Waals surface area contributed by atoms with Gasteiger partial charge in [0.1, 0.15) is 11.6 Å². The highest BCUT2D eigenvalue weighted by atomic mass is 19.1. The van der Waals surface area contributed by atoms with Crippen molar-refractivity contribution >= 4 is 11.6 Å². The van der Waals surface area contributed by atoms with Gasteiger partial charge in [0.2, 0.25) is 0 Å². The van der Waals surface area contributed by atoms with Crippen LogP contribution < -0.4 is 10.1 Å². The normalized spacial score (nSPS) is 9.76. The number of nitriles is 1. The number of carbonyl (C=O) groups excluding carboxylic acids is 1. The zero-order valence-electron chi connectivity index (χ0n) is 11.4. The van der Waals surface area contributed by atoms with Gasteiger partial charge >= 0.3 is 0 Å². The Morgan fingerprint density at radius 2 is 2.00 bits per heavy atom. The van der Waals surface area contributed by atoms with Gasteiger partial charge in [0.15, 0.2) is 6.61 Å². The molecule has 2 aromatic rings. The van der Waals surface area contributed by atoms with Crippen molar-refractivity contribution in [1.29, 1.82) is 5.26 Å². The summed E-state index contributed by atoms with van der Waals surface area (Å²) in [5, 5.41) is 11.4. The lowest BCUT2D eigenvalue weighted by Gasteiger charge is -2.10. The van der Waals surface area contributed by atoms with Gasteiger partial charge in [-0.1, -0.05) is 6.07 Å². The van der Waals surface area contributed by atoms with E-state index in [1.807, 2.05) is 13.0 Å². The highest BCUT2D eigenvalue weighted by molar-refractivity contribution is 5.91. The maximum Gasteiger partial charge on any atom is 0.262 e. The molecule has 0 heterocycles. The number of hydrogen-bond acceptors (Lipinski definition) is 3. The molecule has 0 aromatic heterocycles. The van der Waals surface area contributed by atoms with Crippen molar-refractivity contribution in [2.75, 3.05) is 11.9 Å². The molecule has 4 nitrogen and oxygen atoms in total. The fourth-order valence-electron chi connectivity index (χ4n) is 1.70. The van der Waals surface area contributed by atoms with Gasteiger partial charge in [0.25, 0.3) is 5.91 Å². The Balaban J connectivity index is 1.95. The number of amides is 1. The molecular weight excluding hydrogens is 271 g/mol. The molecule has 0 atom stereocenters. The number of nitrogens with zero attached hydrogens (tertiary/aromatic N) is 1. The van der Waals surface area contributed by atoms with Crippen LogP contribution in [0.4, 0.5) is 10.1 Å². The van der Waals surface area contributed by atoms with Crippen molar-refractivity contribution in [3.8, 4) is 11.8 Å². The molecule has 0 unspecified atom stereocenters. The quantitative estimate of drug-likeness (QED) is 0.938. The first-order chi connectivity index (χ1) is 10.1. The summed E-state index contributed by atoms with van der Waals surface area (Å²) < 4.78 is 18.1. The van der Waals surface area contributed by atoms with Gasteiger partial charge < -0.3 is 10.1 Å². The van der Waals surface area contributed by atoms with Crippen LogP contribution in [-0.4, -0.2) is 12.5 Å². The standard InChI is InChI=1S/C16H13FN2O2/c1-11-2-3-12(9-18)8-15(11)21-10-16(20)19-14-6-4-13(17)5-7-14/h2-8H,10H2,1H3,(H,19,20). The minimum atomic E-state index is -0.367. The Labute approximate surface area is 121 Å². The number of rotatable bonds is 4. The number of halogens is 1. The van der Waals surface area contributed by atoms with E-state index in [4.69, 9.17) is 10.00 Å². The molecule has 1 amide bonds. The molecule has 0 aliphatic heterocycles. The van der Waals surface area contributed by atoms with Crippen molar-refractivity contribution in [2.45, 2.75) is 6.92 Å². The Hall–Kier alpha value is -2.87. The maximum atomic E-state index is 12.7. The maximum absolute atomic E-state index is 12.7. The van der Waals surface area contributed by atoms with Crippen LogP contribution in [0.3, 0.4) is 0 Å². The zero-order chi connectivity index (χ0) is 15.2. The van der Waals surface area contributed by atoms with E-state index < -0.39 is 0 Å². The molecule has 106 valence electrons. The van der Waals surface area contributed by atoms with Crippen LogP contribution in [0.2, 0.25) is 0 Å². The van der Waals surface area contributed by atoms with Crippen LogP contribution in [0, 0.1) is 24.1 Å². The van der Waals surface area contributed by atoms with E-state index in [-0.39, 0.29) is 18.3 Å². The smallest absolute Gasteiger partial charge is 0.262 e. The van der Waals surface area contributed by atoms with Crippen LogP contribution in [0.15, 0.2) is 42.5 Å². The molecular formula is C16H13FN2O2. The van der Waals surface area contributed by atoms with E-state index in [0.29, 0.717) is 17.0 Å². The summed E-state index contributed by atoms with van der Waals surface area (Å²) in [6, 6.07) is 12.5.